The highest BCUT2D eigenvalue weighted by Gasteiger charge is 2.25. The van der Waals surface area contributed by atoms with Gasteiger partial charge in [0.15, 0.2) is 0 Å². The van der Waals surface area contributed by atoms with Crippen LogP contribution in [0.5, 0.6) is 0 Å². The van der Waals surface area contributed by atoms with Gasteiger partial charge in [-0.2, -0.15) is 0 Å². The molecule has 0 atom stereocenters. The Morgan fingerprint density at radius 1 is 1.18 bits per heavy atom. The average molecular weight is 518 g/mol. The lowest BCUT2D eigenvalue weighted by molar-refractivity contribution is 0.0565. The van der Waals surface area contributed by atoms with E-state index in [-0.39, 0.29) is 9.79 Å². The highest BCUT2D eigenvalue weighted by atomic mass is 32.2. The van der Waals surface area contributed by atoms with E-state index in [0.29, 0.717) is 14.9 Å². The number of nitrogens with one attached hydrogen (secondary N) is 1. The predicted octanol–water partition coefficient (Wildman–Crippen LogP) is 6.04. The lowest BCUT2D eigenvalue weighted by atomic mass is 10.0. The maximum absolute atomic E-state index is 13.5. The molecule has 180 valence electrons. The third-order valence-electron chi connectivity index (χ3n) is 4.61. The Kier molecular flexibility index (Phi) is 7.74. The van der Waals surface area contributed by atoms with Crippen LogP contribution in [-0.4, -0.2) is 32.7 Å². The van der Waals surface area contributed by atoms with Gasteiger partial charge >= 0.3 is 6.09 Å². The van der Waals surface area contributed by atoms with Crippen LogP contribution in [0.2, 0.25) is 0 Å². The first-order chi connectivity index (χ1) is 15.9. The number of thioether (sulfide) groups is 1. The number of nitrogens with two attached hydrogens (primary N) is 1. The number of aryl methyl sites for hydroxylation is 1. The van der Waals surface area contributed by atoms with Crippen molar-refractivity contribution in [1.29, 1.82) is 0 Å². The molecule has 1 aromatic heterocycles. The summed E-state index contributed by atoms with van der Waals surface area (Å²) < 4.78 is 32.8. The van der Waals surface area contributed by atoms with E-state index in [0.717, 1.165) is 16.7 Å². The Balaban J connectivity index is 1.90. The fraction of sp³-hybridized carbons (Fsp3) is 0.250. The SMILES string of the molecule is CSc1sc(/N=C/NC(=O)OC(C)(C)C)cc1S(=O)(=O)c1cccc(-c2ccc(N)cc2C)c1. The standard InChI is InChI=1S/C24H27N3O4S3/c1-15-11-17(25)9-10-19(15)16-7-6-8-18(12-16)34(29,30)20-13-21(33-22(20)32-5)26-14-27-23(28)31-24(2,3)4/h6-14H,25H2,1-5H3,(H,26,27,28). The predicted molar refractivity (Wildman–Crippen MR) is 140 cm³/mol. The summed E-state index contributed by atoms with van der Waals surface area (Å²) in [5.74, 6) is 0. The van der Waals surface area contributed by atoms with Crippen molar-refractivity contribution in [2.45, 2.75) is 47.3 Å². The summed E-state index contributed by atoms with van der Waals surface area (Å²) >= 11 is 2.56. The van der Waals surface area contributed by atoms with E-state index in [4.69, 9.17) is 10.5 Å². The average Bonchev–Trinajstić information content (AvgIpc) is 3.17. The van der Waals surface area contributed by atoms with Crippen molar-refractivity contribution >= 4 is 56.1 Å². The zero-order valence-corrected chi connectivity index (χ0v) is 22.0. The number of ether oxygens (including phenoxy) is 1. The summed E-state index contributed by atoms with van der Waals surface area (Å²) in [5.41, 5.74) is 8.55. The molecule has 2 aromatic carbocycles. The van der Waals surface area contributed by atoms with E-state index in [1.54, 1.807) is 45.0 Å². The van der Waals surface area contributed by atoms with E-state index in [1.807, 2.05) is 31.4 Å². The van der Waals surface area contributed by atoms with Crippen molar-refractivity contribution in [1.82, 2.24) is 5.32 Å². The van der Waals surface area contributed by atoms with Gasteiger partial charge in [-0.05, 0) is 81.0 Å². The summed E-state index contributed by atoms with van der Waals surface area (Å²) in [5, 5.41) is 2.88. The van der Waals surface area contributed by atoms with Crippen LogP contribution in [0.4, 0.5) is 15.5 Å². The molecule has 1 heterocycles. The lowest BCUT2D eigenvalue weighted by Crippen LogP contribution is -2.31. The Bertz CT molecular complexity index is 1340. The van der Waals surface area contributed by atoms with Gasteiger partial charge < -0.3 is 10.5 Å². The molecule has 0 radical (unpaired) electrons. The number of amides is 1. The molecule has 0 saturated heterocycles. The molecular formula is C24H27N3O4S3. The number of aliphatic imine (C=N–C) groups is 1. The molecule has 0 aliphatic rings. The number of sulfone groups is 1. The molecule has 0 aliphatic heterocycles. The van der Waals surface area contributed by atoms with Crippen molar-refractivity contribution in [3.63, 3.8) is 0 Å². The van der Waals surface area contributed by atoms with Gasteiger partial charge in [-0.15, -0.1) is 23.1 Å². The number of alkyl carbamates (subject to hydrolysis) is 1. The zero-order chi connectivity index (χ0) is 25.1. The summed E-state index contributed by atoms with van der Waals surface area (Å²) in [7, 11) is -3.80. The number of nitrogens with zero attached hydrogens (tertiary/aromatic N) is 1. The minimum absolute atomic E-state index is 0.181. The molecular weight excluding hydrogens is 490 g/mol. The molecule has 3 N–H and O–H groups in total. The third-order valence-corrected chi connectivity index (χ3v) is 8.82. The maximum atomic E-state index is 13.5. The summed E-state index contributed by atoms with van der Waals surface area (Å²) in [6.45, 7) is 7.21. The smallest absolute Gasteiger partial charge is 0.412 e. The minimum atomic E-state index is -3.80. The molecule has 3 rings (SSSR count). The van der Waals surface area contributed by atoms with Crippen molar-refractivity contribution in [2.75, 3.05) is 12.0 Å². The van der Waals surface area contributed by atoms with Crippen molar-refractivity contribution in [2.24, 2.45) is 4.99 Å². The molecule has 0 fully saturated rings. The van der Waals surface area contributed by atoms with Crippen molar-refractivity contribution in [3.8, 4) is 11.1 Å². The monoisotopic (exact) mass is 517 g/mol. The fourth-order valence-corrected chi connectivity index (χ4v) is 7.03. The van der Waals surface area contributed by atoms with Crippen molar-refractivity contribution in [3.05, 3.63) is 54.1 Å². The van der Waals surface area contributed by atoms with Crippen LogP contribution < -0.4 is 11.1 Å². The van der Waals surface area contributed by atoms with E-state index < -0.39 is 21.5 Å². The molecule has 1 amide bonds. The third kappa shape index (κ3) is 6.19. The number of anilines is 1. The van der Waals surface area contributed by atoms with Gasteiger partial charge in [0, 0.05) is 5.69 Å². The number of nitrogen functional groups attached to an aromatic ring is 1. The molecule has 10 heteroatoms. The highest BCUT2D eigenvalue weighted by molar-refractivity contribution is 8.01. The summed E-state index contributed by atoms with van der Waals surface area (Å²) in [6.07, 6.45) is 2.37. The second-order valence-corrected chi connectivity index (χ2v) is 12.5. The van der Waals surface area contributed by atoms with Gasteiger partial charge in [0.05, 0.1) is 20.3 Å². The normalized spacial score (nSPS) is 12.1. The molecule has 0 aliphatic carbocycles. The number of carbonyl (C=O) groups is 1. The number of hydrogen-bond donors (Lipinski definition) is 2. The van der Waals surface area contributed by atoms with Crippen molar-refractivity contribution < 1.29 is 17.9 Å². The van der Waals surface area contributed by atoms with E-state index in [9.17, 15) is 13.2 Å². The van der Waals surface area contributed by atoms with Gasteiger partial charge in [0.25, 0.3) is 0 Å². The molecule has 0 saturated carbocycles. The maximum Gasteiger partial charge on any atom is 0.412 e. The number of benzene rings is 2. The first-order valence-electron chi connectivity index (χ1n) is 10.3. The summed E-state index contributed by atoms with van der Waals surface area (Å²) in [6, 6.07) is 13.9. The second-order valence-electron chi connectivity index (χ2n) is 8.45. The second kappa shape index (κ2) is 10.2. The first-order valence-corrected chi connectivity index (χ1v) is 13.8. The van der Waals surface area contributed by atoms with Gasteiger partial charge in [-0.3, -0.25) is 5.32 Å². The van der Waals surface area contributed by atoms with Crippen LogP contribution in [0.3, 0.4) is 0 Å². The van der Waals surface area contributed by atoms with E-state index >= 15 is 0 Å². The highest BCUT2D eigenvalue weighted by Crippen LogP contribution is 2.41. The van der Waals surface area contributed by atoms with Crippen LogP contribution in [-0.2, 0) is 14.6 Å². The van der Waals surface area contributed by atoms with E-state index in [2.05, 4.69) is 10.3 Å². The van der Waals surface area contributed by atoms with Gasteiger partial charge in [-0.25, -0.2) is 18.2 Å². The Labute approximate surface area is 208 Å². The summed E-state index contributed by atoms with van der Waals surface area (Å²) in [4.78, 5) is 16.3. The molecule has 0 bridgehead atoms. The first kappa shape index (κ1) is 25.8. The molecule has 34 heavy (non-hydrogen) atoms. The van der Waals surface area contributed by atoms with Gasteiger partial charge in [0.2, 0.25) is 9.84 Å². The number of thiophene rings is 1. The van der Waals surface area contributed by atoms with Crippen LogP contribution in [0.15, 0.2) is 67.5 Å². The largest absolute Gasteiger partial charge is 0.444 e. The van der Waals surface area contributed by atoms with Gasteiger partial charge in [0.1, 0.15) is 10.6 Å². The van der Waals surface area contributed by atoms with Crippen LogP contribution >= 0.6 is 23.1 Å². The van der Waals surface area contributed by atoms with Gasteiger partial charge in [-0.1, -0.05) is 18.2 Å². The zero-order valence-electron chi connectivity index (χ0n) is 19.6. The number of carbonyl (C=O) groups excluding carboxylic acids is 1. The molecule has 7 nitrogen and oxygen atoms in total. The molecule has 3 aromatic rings. The van der Waals surface area contributed by atoms with Crippen LogP contribution in [0, 0.1) is 6.92 Å². The quantitative estimate of drug-likeness (QED) is 0.178. The lowest BCUT2D eigenvalue weighted by Gasteiger charge is -2.18. The topological polar surface area (TPSA) is 111 Å². The van der Waals surface area contributed by atoms with E-state index in [1.165, 1.54) is 35.5 Å². The Hall–Kier alpha value is -2.82. The van der Waals surface area contributed by atoms with Crippen LogP contribution in [0.1, 0.15) is 26.3 Å². The number of rotatable bonds is 6. The fourth-order valence-electron chi connectivity index (χ4n) is 3.16. The minimum Gasteiger partial charge on any atom is -0.444 e. The molecule has 0 unspecified atom stereocenters. The Morgan fingerprint density at radius 2 is 1.91 bits per heavy atom. The molecule has 0 spiro atoms. The Morgan fingerprint density at radius 3 is 2.56 bits per heavy atom. The van der Waals surface area contributed by atoms with Crippen LogP contribution in [0.25, 0.3) is 11.1 Å². The number of hydrogen-bond acceptors (Lipinski definition) is 8.